The summed E-state index contributed by atoms with van der Waals surface area (Å²) in [5.74, 6) is -0.191. The van der Waals surface area contributed by atoms with E-state index in [4.69, 9.17) is 22.1 Å². The van der Waals surface area contributed by atoms with E-state index in [1.54, 1.807) is 0 Å². The number of nitrogens with zero attached hydrogens (tertiary/aromatic N) is 1. The first-order valence-corrected chi connectivity index (χ1v) is 9.05. The molecule has 136 valence electrons. The zero-order valence-corrected chi connectivity index (χ0v) is 16.3. The van der Waals surface area contributed by atoms with E-state index in [0.717, 1.165) is 21.2 Å². The van der Waals surface area contributed by atoms with Gasteiger partial charge in [-0.15, -0.1) is 23.7 Å². The van der Waals surface area contributed by atoms with Crippen LogP contribution in [-0.4, -0.2) is 29.6 Å². The molecule has 8 heteroatoms. The van der Waals surface area contributed by atoms with Crippen LogP contribution in [0.3, 0.4) is 0 Å². The molecule has 5 nitrogen and oxygen atoms in total. The zero-order valence-electron chi connectivity index (χ0n) is 13.9. The molecule has 1 fully saturated rings. The Kier molecular flexibility index (Phi) is 6.82. The van der Waals surface area contributed by atoms with E-state index in [1.807, 2.05) is 31.2 Å². The first-order chi connectivity index (χ1) is 11.5. The van der Waals surface area contributed by atoms with Gasteiger partial charge in [0, 0.05) is 29.5 Å². The van der Waals surface area contributed by atoms with Gasteiger partial charge in [0.05, 0.1) is 5.69 Å². The number of rotatable bonds is 4. The Bertz CT molecular complexity index is 745. The van der Waals surface area contributed by atoms with Crippen molar-refractivity contribution < 1.29 is 9.53 Å². The second-order valence-electron chi connectivity index (χ2n) is 6.02. The van der Waals surface area contributed by atoms with E-state index in [9.17, 15) is 4.79 Å². The van der Waals surface area contributed by atoms with Crippen LogP contribution in [0.2, 0.25) is 5.02 Å². The lowest BCUT2D eigenvalue weighted by Crippen LogP contribution is -2.54. The molecule has 0 atom stereocenters. The van der Waals surface area contributed by atoms with E-state index < -0.39 is 5.54 Å². The van der Waals surface area contributed by atoms with E-state index in [-0.39, 0.29) is 18.3 Å². The fourth-order valence-electron chi connectivity index (χ4n) is 2.64. The standard InChI is InChI=1S/C17H20ClN3O2S.ClH/c1-11-14(10-12-4-2-3-5-13(12)18)24-16(20-11)21-15(22)17(19)6-8-23-9-7-17;/h2-5H,6-10,19H2,1H3,(H,20,21,22);1H. The molecule has 0 aliphatic carbocycles. The minimum Gasteiger partial charge on any atom is -0.381 e. The fourth-order valence-corrected chi connectivity index (χ4v) is 3.83. The highest BCUT2D eigenvalue weighted by Crippen LogP contribution is 2.29. The Morgan fingerprint density at radius 1 is 1.40 bits per heavy atom. The summed E-state index contributed by atoms with van der Waals surface area (Å²) >= 11 is 7.69. The number of hydrogen-bond acceptors (Lipinski definition) is 5. The number of nitrogens with one attached hydrogen (secondary N) is 1. The van der Waals surface area contributed by atoms with Crippen LogP contribution in [0, 0.1) is 6.92 Å². The van der Waals surface area contributed by atoms with Gasteiger partial charge in [-0.1, -0.05) is 29.8 Å². The Hall–Kier alpha value is -1.18. The summed E-state index contributed by atoms with van der Waals surface area (Å²) in [6.45, 7) is 2.96. The number of aryl methyl sites for hydroxylation is 1. The molecule has 1 aromatic heterocycles. The van der Waals surface area contributed by atoms with Crippen molar-refractivity contribution in [3.63, 3.8) is 0 Å². The second kappa shape index (κ2) is 8.47. The summed E-state index contributed by atoms with van der Waals surface area (Å²) in [4.78, 5) is 18.0. The van der Waals surface area contributed by atoms with Gasteiger partial charge >= 0.3 is 0 Å². The normalized spacial score (nSPS) is 16.1. The van der Waals surface area contributed by atoms with Crippen LogP contribution in [0.25, 0.3) is 0 Å². The van der Waals surface area contributed by atoms with Crippen molar-refractivity contribution in [3.8, 4) is 0 Å². The molecule has 0 saturated carbocycles. The quantitative estimate of drug-likeness (QED) is 0.820. The van der Waals surface area contributed by atoms with Crippen LogP contribution < -0.4 is 11.1 Å². The molecule has 1 saturated heterocycles. The van der Waals surface area contributed by atoms with Crippen LogP contribution in [0.4, 0.5) is 5.13 Å². The highest BCUT2D eigenvalue weighted by Gasteiger charge is 2.36. The molecular weight excluding hydrogens is 381 g/mol. The molecule has 1 aromatic carbocycles. The highest BCUT2D eigenvalue weighted by atomic mass is 35.5. The van der Waals surface area contributed by atoms with Crippen LogP contribution in [0.1, 0.15) is 29.0 Å². The highest BCUT2D eigenvalue weighted by molar-refractivity contribution is 7.15. The minimum atomic E-state index is -0.874. The average molecular weight is 402 g/mol. The summed E-state index contributed by atoms with van der Waals surface area (Å²) in [7, 11) is 0. The van der Waals surface area contributed by atoms with Crippen molar-refractivity contribution in [2.45, 2.75) is 31.7 Å². The third-order valence-corrected chi connectivity index (χ3v) is 5.70. The molecule has 3 rings (SSSR count). The maximum absolute atomic E-state index is 12.5. The molecule has 0 unspecified atom stereocenters. The number of benzene rings is 1. The van der Waals surface area contributed by atoms with Crippen molar-refractivity contribution in [2.75, 3.05) is 18.5 Å². The van der Waals surface area contributed by atoms with Crippen LogP contribution in [0.15, 0.2) is 24.3 Å². The Labute approximate surface area is 162 Å². The van der Waals surface area contributed by atoms with Gasteiger partial charge in [-0.05, 0) is 31.4 Å². The number of thiazole rings is 1. The number of amides is 1. The maximum atomic E-state index is 12.5. The van der Waals surface area contributed by atoms with Crippen molar-refractivity contribution in [1.29, 1.82) is 0 Å². The number of ether oxygens (including phenoxy) is 1. The number of hydrogen-bond donors (Lipinski definition) is 2. The number of carbonyl (C=O) groups excluding carboxylic acids is 1. The molecule has 25 heavy (non-hydrogen) atoms. The van der Waals surface area contributed by atoms with Crippen molar-refractivity contribution in [2.24, 2.45) is 5.73 Å². The van der Waals surface area contributed by atoms with Crippen LogP contribution in [0.5, 0.6) is 0 Å². The Balaban J connectivity index is 0.00000225. The first kappa shape index (κ1) is 20.1. The van der Waals surface area contributed by atoms with Gasteiger partial charge in [0.1, 0.15) is 5.54 Å². The van der Waals surface area contributed by atoms with Gasteiger partial charge in [-0.2, -0.15) is 0 Å². The van der Waals surface area contributed by atoms with Gasteiger partial charge in [0.2, 0.25) is 5.91 Å². The van der Waals surface area contributed by atoms with E-state index in [2.05, 4.69) is 10.3 Å². The van der Waals surface area contributed by atoms with Gasteiger partial charge < -0.3 is 15.8 Å². The molecule has 0 radical (unpaired) electrons. The van der Waals surface area contributed by atoms with Gasteiger partial charge in [0.25, 0.3) is 0 Å². The molecule has 1 aliphatic rings. The third kappa shape index (κ3) is 4.71. The largest absolute Gasteiger partial charge is 0.381 e. The monoisotopic (exact) mass is 401 g/mol. The molecule has 0 spiro atoms. The second-order valence-corrected chi connectivity index (χ2v) is 7.51. The van der Waals surface area contributed by atoms with Gasteiger partial charge in [0.15, 0.2) is 5.13 Å². The zero-order chi connectivity index (χ0) is 17.2. The SMILES string of the molecule is Cc1nc(NC(=O)C2(N)CCOCC2)sc1Cc1ccccc1Cl.Cl. The van der Waals surface area contributed by atoms with E-state index >= 15 is 0 Å². The third-order valence-electron chi connectivity index (χ3n) is 4.26. The smallest absolute Gasteiger partial charge is 0.246 e. The Morgan fingerprint density at radius 2 is 2.08 bits per heavy atom. The molecular formula is C17H21Cl2N3O2S. The summed E-state index contributed by atoms with van der Waals surface area (Å²) < 4.78 is 5.28. The number of aromatic nitrogens is 1. The topological polar surface area (TPSA) is 77.2 Å². The predicted octanol–water partition coefficient (Wildman–Crippen LogP) is 3.56. The van der Waals surface area contributed by atoms with Crippen molar-refractivity contribution >= 4 is 46.4 Å². The molecule has 1 aliphatic heterocycles. The van der Waals surface area contributed by atoms with Crippen molar-refractivity contribution in [1.82, 2.24) is 4.98 Å². The number of anilines is 1. The van der Waals surface area contributed by atoms with E-state index in [1.165, 1.54) is 11.3 Å². The summed E-state index contributed by atoms with van der Waals surface area (Å²) in [6.07, 6.45) is 1.74. The molecule has 0 bridgehead atoms. The van der Waals surface area contributed by atoms with Gasteiger partial charge in [-0.3, -0.25) is 4.79 Å². The molecule has 2 aromatic rings. The van der Waals surface area contributed by atoms with Crippen LogP contribution >= 0.6 is 35.3 Å². The lowest BCUT2D eigenvalue weighted by molar-refractivity contribution is -0.124. The number of halogens is 2. The summed E-state index contributed by atoms with van der Waals surface area (Å²) in [5, 5.41) is 4.18. The fraction of sp³-hybridized carbons (Fsp3) is 0.412. The number of nitrogens with two attached hydrogens (primary N) is 1. The molecule has 2 heterocycles. The summed E-state index contributed by atoms with van der Waals surface area (Å²) in [6, 6.07) is 7.74. The van der Waals surface area contributed by atoms with E-state index in [0.29, 0.717) is 37.6 Å². The number of carbonyl (C=O) groups is 1. The first-order valence-electron chi connectivity index (χ1n) is 7.86. The Morgan fingerprint density at radius 3 is 2.76 bits per heavy atom. The van der Waals surface area contributed by atoms with Crippen LogP contribution in [-0.2, 0) is 16.0 Å². The molecule has 3 N–H and O–H groups in total. The predicted molar refractivity (Wildman–Crippen MR) is 104 cm³/mol. The lowest BCUT2D eigenvalue weighted by Gasteiger charge is -2.31. The molecule has 1 amide bonds. The average Bonchev–Trinajstić information content (AvgIpc) is 2.90. The maximum Gasteiger partial charge on any atom is 0.246 e. The summed E-state index contributed by atoms with van der Waals surface area (Å²) in [5.41, 5.74) is 7.27. The van der Waals surface area contributed by atoms with Gasteiger partial charge in [-0.25, -0.2) is 4.98 Å². The lowest BCUT2D eigenvalue weighted by atomic mass is 9.90. The van der Waals surface area contributed by atoms with Crippen molar-refractivity contribution in [3.05, 3.63) is 45.4 Å². The minimum absolute atomic E-state index is 0.